The Balaban J connectivity index is 2.17. The zero-order valence-electron chi connectivity index (χ0n) is 13.7. The van der Waals surface area contributed by atoms with Crippen molar-refractivity contribution in [2.45, 2.75) is 51.4 Å². The van der Waals surface area contributed by atoms with E-state index in [1.165, 1.54) is 24.0 Å². The monoisotopic (exact) mass is 314 g/mol. The van der Waals surface area contributed by atoms with Crippen LogP contribution in [0.2, 0.25) is 5.02 Å². The summed E-state index contributed by atoms with van der Waals surface area (Å²) in [4.78, 5) is 0. The Hall–Kier alpha value is -1.47. The van der Waals surface area contributed by atoms with E-state index in [2.05, 4.69) is 45.9 Å². The Kier molecular flexibility index (Phi) is 3.52. The summed E-state index contributed by atoms with van der Waals surface area (Å²) in [6.07, 6.45) is 2.40. The molecule has 0 bridgehead atoms. The third-order valence-electron chi connectivity index (χ3n) is 5.07. The molecule has 2 aromatic carbocycles. The van der Waals surface area contributed by atoms with E-state index in [0.717, 1.165) is 11.1 Å². The second-order valence-corrected chi connectivity index (χ2v) is 8.16. The lowest BCUT2D eigenvalue weighted by Gasteiger charge is -2.42. The minimum absolute atomic E-state index is 0.182. The maximum Gasteiger partial charge on any atom is 0.117 e. The number of phenols is 1. The molecule has 1 aliphatic rings. The van der Waals surface area contributed by atoms with Crippen LogP contribution >= 0.6 is 11.6 Å². The summed E-state index contributed by atoms with van der Waals surface area (Å²) in [5.74, 6) is 0.208. The third kappa shape index (κ3) is 2.63. The van der Waals surface area contributed by atoms with E-state index in [0.29, 0.717) is 5.02 Å². The van der Waals surface area contributed by atoms with Crippen LogP contribution in [0, 0.1) is 0 Å². The summed E-state index contributed by atoms with van der Waals surface area (Å²) < 4.78 is 0. The van der Waals surface area contributed by atoms with Crippen molar-refractivity contribution >= 4 is 11.6 Å². The number of rotatable bonds is 1. The minimum atomic E-state index is 0.182. The van der Waals surface area contributed by atoms with E-state index in [-0.39, 0.29) is 16.6 Å². The molecular formula is C20H23ClO. The second-order valence-electron chi connectivity index (χ2n) is 7.73. The van der Waals surface area contributed by atoms with E-state index >= 15 is 0 Å². The highest BCUT2D eigenvalue weighted by atomic mass is 35.5. The lowest BCUT2D eigenvalue weighted by Crippen LogP contribution is -2.33. The predicted octanol–water partition coefficient (Wildman–Crippen LogP) is 6.06. The number of benzene rings is 2. The van der Waals surface area contributed by atoms with Gasteiger partial charge in [-0.2, -0.15) is 0 Å². The smallest absolute Gasteiger partial charge is 0.117 e. The van der Waals surface area contributed by atoms with Gasteiger partial charge in [-0.1, -0.05) is 57.5 Å². The molecule has 22 heavy (non-hydrogen) atoms. The van der Waals surface area contributed by atoms with Crippen molar-refractivity contribution in [2.24, 2.45) is 0 Å². The molecule has 0 saturated heterocycles. The molecule has 1 nitrogen and oxygen atoms in total. The van der Waals surface area contributed by atoms with E-state index in [1.54, 1.807) is 12.1 Å². The van der Waals surface area contributed by atoms with Gasteiger partial charge < -0.3 is 5.11 Å². The van der Waals surface area contributed by atoms with Crippen molar-refractivity contribution in [3.05, 3.63) is 52.5 Å². The SMILES string of the molecule is CC1(C)CCC(C)(C)c2cc(-c3cc(O)cc(Cl)c3)ccc21. The van der Waals surface area contributed by atoms with Gasteiger partial charge >= 0.3 is 0 Å². The fourth-order valence-electron chi connectivity index (χ4n) is 3.51. The summed E-state index contributed by atoms with van der Waals surface area (Å²) in [7, 11) is 0. The van der Waals surface area contributed by atoms with E-state index in [1.807, 2.05) is 6.07 Å². The molecule has 0 heterocycles. The van der Waals surface area contributed by atoms with Crippen LogP contribution in [0.25, 0.3) is 11.1 Å². The Morgan fingerprint density at radius 1 is 0.818 bits per heavy atom. The number of hydrogen-bond acceptors (Lipinski definition) is 1. The van der Waals surface area contributed by atoms with Gasteiger partial charge in [0.25, 0.3) is 0 Å². The van der Waals surface area contributed by atoms with Crippen LogP contribution in [0.1, 0.15) is 51.7 Å². The zero-order chi connectivity index (χ0) is 16.1. The van der Waals surface area contributed by atoms with Crippen LogP contribution in [0.5, 0.6) is 5.75 Å². The first-order valence-corrected chi connectivity index (χ1v) is 8.22. The molecule has 2 aromatic rings. The lowest BCUT2D eigenvalue weighted by atomic mass is 9.63. The van der Waals surface area contributed by atoms with Crippen LogP contribution < -0.4 is 0 Å². The van der Waals surface area contributed by atoms with Gasteiger partial charge in [0.15, 0.2) is 0 Å². The van der Waals surface area contributed by atoms with Gasteiger partial charge in [0, 0.05) is 5.02 Å². The molecule has 0 spiro atoms. The Labute approximate surface area is 137 Å². The molecule has 1 N–H and O–H groups in total. The van der Waals surface area contributed by atoms with E-state index in [4.69, 9.17) is 11.6 Å². The number of aromatic hydroxyl groups is 1. The van der Waals surface area contributed by atoms with Gasteiger partial charge in [-0.05, 0) is 64.1 Å². The van der Waals surface area contributed by atoms with Crippen molar-refractivity contribution in [3.8, 4) is 16.9 Å². The average Bonchev–Trinajstić information content (AvgIpc) is 2.43. The Morgan fingerprint density at radius 2 is 1.45 bits per heavy atom. The average molecular weight is 315 g/mol. The van der Waals surface area contributed by atoms with Crippen LogP contribution in [0.15, 0.2) is 36.4 Å². The largest absolute Gasteiger partial charge is 0.508 e. The van der Waals surface area contributed by atoms with Crippen LogP contribution in [-0.4, -0.2) is 5.11 Å². The molecule has 0 unspecified atom stereocenters. The number of hydrogen-bond donors (Lipinski definition) is 1. The van der Waals surface area contributed by atoms with Crippen molar-refractivity contribution in [2.75, 3.05) is 0 Å². The molecular weight excluding hydrogens is 292 g/mol. The van der Waals surface area contributed by atoms with Crippen molar-refractivity contribution in [3.63, 3.8) is 0 Å². The molecule has 0 amide bonds. The van der Waals surface area contributed by atoms with Gasteiger partial charge in [0.1, 0.15) is 5.75 Å². The Bertz CT molecular complexity index is 708. The summed E-state index contributed by atoms with van der Waals surface area (Å²) in [6.45, 7) is 9.29. The fraction of sp³-hybridized carbons (Fsp3) is 0.400. The molecule has 3 rings (SSSR count). The fourth-order valence-corrected chi connectivity index (χ4v) is 3.74. The van der Waals surface area contributed by atoms with E-state index < -0.39 is 0 Å². The van der Waals surface area contributed by atoms with Gasteiger partial charge in [-0.3, -0.25) is 0 Å². The van der Waals surface area contributed by atoms with Crippen molar-refractivity contribution in [1.82, 2.24) is 0 Å². The van der Waals surface area contributed by atoms with E-state index in [9.17, 15) is 5.11 Å². The molecule has 116 valence electrons. The molecule has 1 aliphatic carbocycles. The number of phenolic OH excluding ortho intramolecular Hbond substituents is 1. The molecule has 0 atom stereocenters. The first-order chi connectivity index (χ1) is 10.2. The maximum absolute atomic E-state index is 9.79. The molecule has 0 radical (unpaired) electrons. The van der Waals surface area contributed by atoms with Crippen molar-refractivity contribution in [1.29, 1.82) is 0 Å². The Morgan fingerprint density at radius 3 is 2.09 bits per heavy atom. The molecule has 0 saturated carbocycles. The lowest BCUT2D eigenvalue weighted by molar-refractivity contribution is 0.332. The van der Waals surface area contributed by atoms with Crippen molar-refractivity contribution < 1.29 is 5.11 Å². The molecule has 0 aliphatic heterocycles. The van der Waals surface area contributed by atoms with Crippen LogP contribution in [0.3, 0.4) is 0 Å². The summed E-state index contributed by atoms with van der Waals surface area (Å²) >= 11 is 6.08. The molecule has 2 heteroatoms. The molecule has 0 aromatic heterocycles. The minimum Gasteiger partial charge on any atom is -0.508 e. The summed E-state index contributed by atoms with van der Waals surface area (Å²) in [6, 6.07) is 11.9. The summed E-state index contributed by atoms with van der Waals surface area (Å²) in [5, 5.41) is 10.4. The quantitative estimate of drug-likeness (QED) is 0.678. The second kappa shape index (κ2) is 5.03. The highest BCUT2D eigenvalue weighted by Gasteiger charge is 2.36. The first-order valence-electron chi connectivity index (χ1n) is 7.84. The third-order valence-corrected chi connectivity index (χ3v) is 5.29. The van der Waals surface area contributed by atoms with Gasteiger partial charge in [0.05, 0.1) is 0 Å². The topological polar surface area (TPSA) is 20.2 Å². The van der Waals surface area contributed by atoms with Gasteiger partial charge in [-0.25, -0.2) is 0 Å². The first kappa shape index (κ1) is 15.4. The number of fused-ring (bicyclic) bond motifs is 1. The zero-order valence-corrected chi connectivity index (χ0v) is 14.5. The maximum atomic E-state index is 9.79. The highest BCUT2D eigenvalue weighted by Crippen LogP contribution is 2.46. The summed E-state index contributed by atoms with van der Waals surface area (Å²) in [5.41, 5.74) is 5.34. The normalized spacial score (nSPS) is 18.8. The molecule has 0 fully saturated rings. The van der Waals surface area contributed by atoms with Gasteiger partial charge in [-0.15, -0.1) is 0 Å². The predicted molar refractivity (Wildman–Crippen MR) is 93.8 cm³/mol. The highest BCUT2D eigenvalue weighted by molar-refractivity contribution is 6.31. The van der Waals surface area contributed by atoms with Gasteiger partial charge in [0.2, 0.25) is 0 Å². The van der Waals surface area contributed by atoms with Crippen LogP contribution in [0.4, 0.5) is 0 Å². The number of halogens is 1. The standard InChI is InChI=1S/C20H23ClO/c1-19(2)7-8-20(3,4)18-11-13(5-6-17(18)19)14-9-15(21)12-16(22)10-14/h5-6,9-12,22H,7-8H2,1-4H3. The van der Waals surface area contributed by atoms with Crippen LogP contribution in [-0.2, 0) is 10.8 Å².